The first-order valence-electron chi connectivity index (χ1n) is 5.52. The van der Waals surface area contributed by atoms with Crippen molar-refractivity contribution in [1.82, 2.24) is 0 Å². The third-order valence-electron chi connectivity index (χ3n) is 2.74. The van der Waals surface area contributed by atoms with E-state index in [0.29, 0.717) is 5.44 Å². The second kappa shape index (κ2) is 5.45. The quantitative estimate of drug-likeness (QED) is 0.549. The summed E-state index contributed by atoms with van der Waals surface area (Å²) in [6.07, 6.45) is 3.02. The topological polar surface area (TPSA) is 12.5 Å². The van der Waals surface area contributed by atoms with Gasteiger partial charge in [-0.05, 0) is 0 Å². The molecule has 0 aromatic rings. The van der Waals surface area contributed by atoms with Gasteiger partial charge < -0.3 is 0 Å². The second-order valence-corrected chi connectivity index (χ2v) is 11.5. The van der Waals surface area contributed by atoms with E-state index in [1.54, 1.807) is 0 Å². The Bertz CT molecular complexity index is 199. The van der Waals surface area contributed by atoms with Crippen LogP contribution >= 0.6 is 35.3 Å². The number of rotatable bonds is 6. The molecule has 4 unspecified atom stereocenters. The normalized spacial score (nSPS) is 43.2. The van der Waals surface area contributed by atoms with Crippen molar-refractivity contribution in [3.05, 3.63) is 0 Å². The van der Waals surface area contributed by atoms with Crippen LogP contribution < -0.4 is 0 Å². The van der Waals surface area contributed by atoms with Crippen molar-refractivity contribution >= 4 is 50.2 Å². The standard InChI is InChI=1S/C10H16OS3Se/c1-2-8(5-13-10-6-14-10)15-7(1)4-12-9-3-11-9/h7-10H,1-6H2. The van der Waals surface area contributed by atoms with Gasteiger partial charge in [0.05, 0.1) is 0 Å². The average Bonchev–Trinajstić information content (AvgIpc) is 3.14. The van der Waals surface area contributed by atoms with Gasteiger partial charge in [-0.1, -0.05) is 0 Å². The molecule has 0 N–H and O–H groups in total. The van der Waals surface area contributed by atoms with Crippen LogP contribution in [0, 0.1) is 0 Å². The van der Waals surface area contributed by atoms with Crippen LogP contribution in [0.2, 0.25) is 9.63 Å². The van der Waals surface area contributed by atoms with E-state index in [1.165, 1.54) is 30.1 Å². The van der Waals surface area contributed by atoms with E-state index in [4.69, 9.17) is 4.74 Å². The first kappa shape index (κ1) is 11.6. The van der Waals surface area contributed by atoms with E-state index in [2.05, 4.69) is 35.3 Å². The zero-order chi connectivity index (χ0) is 10.1. The van der Waals surface area contributed by atoms with Gasteiger partial charge in [0.25, 0.3) is 0 Å². The molecule has 3 saturated heterocycles. The maximum atomic E-state index is 5.25. The van der Waals surface area contributed by atoms with Gasteiger partial charge in [-0.3, -0.25) is 0 Å². The molecule has 3 aliphatic rings. The molecule has 0 aliphatic carbocycles. The zero-order valence-electron chi connectivity index (χ0n) is 8.59. The number of hydrogen-bond donors (Lipinski definition) is 0. The number of epoxide rings is 1. The van der Waals surface area contributed by atoms with Crippen LogP contribution in [0.3, 0.4) is 0 Å². The summed E-state index contributed by atoms with van der Waals surface area (Å²) in [4.78, 5) is 2.15. The Balaban J connectivity index is 1.30. The van der Waals surface area contributed by atoms with Crippen LogP contribution in [0.5, 0.6) is 0 Å². The van der Waals surface area contributed by atoms with Crippen LogP contribution in [0.25, 0.3) is 0 Å². The summed E-state index contributed by atoms with van der Waals surface area (Å²) in [5, 5.41) is 0. The van der Waals surface area contributed by atoms with Gasteiger partial charge in [0.2, 0.25) is 0 Å². The summed E-state index contributed by atoms with van der Waals surface area (Å²) >= 11 is 7.34. The molecular formula is C10H16OS3Se. The van der Waals surface area contributed by atoms with Crippen molar-refractivity contribution in [2.45, 2.75) is 32.5 Å². The molecular weight excluding hydrogens is 311 g/mol. The van der Waals surface area contributed by atoms with Crippen LogP contribution in [0.4, 0.5) is 0 Å². The van der Waals surface area contributed by atoms with E-state index >= 15 is 0 Å². The Kier molecular flexibility index (Phi) is 4.22. The minimum atomic E-state index is 0.581. The SMILES string of the molecule is C1OC1SCC1CCC(CSC2CS2)[Se]1. The fraction of sp³-hybridized carbons (Fsp3) is 1.00. The molecule has 86 valence electrons. The Morgan fingerprint density at radius 2 is 1.87 bits per heavy atom. The van der Waals surface area contributed by atoms with Gasteiger partial charge in [-0.15, -0.1) is 0 Å². The molecule has 3 aliphatic heterocycles. The average molecular weight is 327 g/mol. The van der Waals surface area contributed by atoms with Crippen molar-refractivity contribution in [1.29, 1.82) is 0 Å². The second-order valence-electron chi connectivity index (χ2n) is 4.15. The summed E-state index contributed by atoms with van der Waals surface area (Å²) in [5.74, 6) is 4.26. The molecule has 0 spiro atoms. The van der Waals surface area contributed by atoms with E-state index in [-0.39, 0.29) is 0 Å². The Morgan fingerprint density at radius 3 is 2.47 bits per heavy atom. The third-order valence-corrected chi connectivity index (χ3v) is 11.0. The summed E-state index contributed by atoms with van der Waals surface area (Å²) < 4.78 is 6.23. The van der Waals surface area contributed by atoms with Crippen LogP contribution in [-0.4, -0.2) is 48.8 Å². The molecule has 0 amide bonds. The first-order chi connectivity index (χ1) is 7.40. The molecule has 0 radical (unpaired) electrons. The molecule has 3 heterocycles. The summed E-state index contributed by atoms with van der Waals surface area (Å²) in [5.41, 5.74) is 0.581. The third kappa shape index (κ3) is 4.04. The maximum absolute atomic E-state index is 5.25. The predicted octanol–water partition coefficient (Wildman–Crippen LogP) is 2.96. The van der Waals surface area contributed by atoms with E-state index in [9.17, 15) is 0 Å². The summed E-state index contributed by atoms with van der Waals surface area (Å²) in [6, 6.07) is 0. The van der Waals surface area contributed by atoms with E-state index in [0.717, 1.165) is 35.8 Å². The predicted molar refractivity (Wildman–Crippen MR) is 73.4 cm³/mol. The molecule has 1 nitrogen and oxygen atoms in total. The summed E-state index contributed by atoms with van der Waals surface area (Å²) in [6.45, 7) is 1.02. The number of hydrogen-bond acceptors (Lipinski definition) is 4. The molecule has 3 fully saturated rings. The molecule has 0 bridgehead atoms. The van der Waals surface area contributed by atoms with E-state index in [1.807, 2.05) is 0 Å². The van der Waals surface area contributed by atoms with Crippen molar-refractivity contribution in [3.63, 3.8) is 0 Å². The molecule has 0 aromatic heterocycles. The van der Waals surface area contributed by atoms with Gasteiger partial charge >= 0.3 is 111 Å². The molecule has 4 atom stereocenters. The fourth-order valence-corrected chi connectivity index (χ4v) is 8.93. The molecule has 0 aromatic carbocycles. The monoisotopic (exact) mass is 328 g/mol. The van der Waals surface area contributed by atoms with E-state index < -0.39 is 0 Å². The summed E-state index contributed by atoms with van der Waals surface area (Å²) in [7, 11) is 0. The van der Waals surface area contributed by atoms with Crippen LogP contribution in [-0.2, 0) is 4.74 Å². The Labute approximate surface area is 111 Å². The van der Waals surface area contributed by atoms with Gasteiger partial charge in [0.15, 0.2) is 0 Å². The van der Waals surface area contributed by atoms with Crippen molar-refractivity contribution in [2.24, 2.45) is 0 Å². The van der Waals surface area contributed by atoms with Gasteiger partial charge in [-0.2, -0.15) is 0 Å². The van der Waals surface area contributed by atoms with Crippen molar-refractivity contribution in [3.8, 4) is 0 Å². The molecule has 5 heteroatoms. The van der Waals surface area contributed by atoms with Crippen LogP contribution in [0.15, 0.2) is 0 Å². The van der Waals surface area contributed by atoms with Gasteiger partial charge in [0.1, 0.15) is 0 Å². The zero-order valence-corrected chi connectivity index (χ0v) is 12.8. The van der Waals surface area contributed by atoms with Crippen LogP contribution in [0.1, 0.15) is 12.8 Å². The number of thioether (sulfide) groups is 3. The van der Waals surface area contributed by atoms with Gasteiger partial charge in [-0.25, -0.2) is 0 Å². The first-order valence-corrected chi connectivity index (χ1v) is 10.6. The fourth-order valence-electron chi connectivity index (χ4n) is 1.73. The molecule has 15 heavy (non-hydrogen) atoms. The van der Waals surface area contributed by atoms with Crippen molar-refractivity contribution < 1.29 is 4.74 Å². The Hall–Kier alpha value is 1.53. The molecule has 0 saturated carbocycles. The molecule has 3 rings (SSSR count). The van der Waals surface area contributed by atoms with Crippen molar-refractivity contribution in [2.75, 3.05) is 23.9 Å². The number of ether oxygens (including phenoxy) is 1. The van der Waals surface area contributed by atoms with Gasteiger partial charge in [0, 0.05) is 0 Å². The Morgan fingerprint density at radius 1 is 1.20 bits per heavy atom. The minimum absolute atomic E-state index is 0.581.